The van der Waals surface area contributed by atoms with E-state index in [1.165, 1.54) is 4.31 Å². The Morgan fingerprint density at radius 1 is 1.31 bits per heavy atom. The van der Waals surface area contributed by atoms with Crippen LogP contribution < -0.4 is 10.0 Å². The Labute approximate surface area is 99.8 Å². The lowest BCUT2D eigenvalue weighted by atomic mass is 10.3. The van der Waals surface area contributed by atoms with Gasteiger partial charge in [-0.3, -0.25) is 0 Å². The summed E-state index contributed by atoms with van der Waals surface area (Å²) >= 11 is 0. The van der Waals surface area contributed by atoms with Crippen LogP contribution in [0.1, 0.15) is 33.6 Å². The third-order valence-electron chi connectivity index (χ3n) is 2.45. The highest BCUT2D eigenvalue weighted by Crippen LogP contribution is 1.99. The smallest absolute Gasteiger partial charge is 0.279 e. The highest BCUT2D eigenvalue weighted by Gasteiger charge is 2.18. The monoisotopic (exact) mass is 251 g/mol. The van der Waals surface area contributed by atoms with Crippen LogP contribution in [0.15, 0.2) is 0 Å². The molecule has 98 valence electrons. The van der Waals surface area contributed by atoms with Crippen LogP contribution in [0.5, 0.6) is 0 Å². The second kappa shape index (κ2) is 8.00. The van der Waals surface area contributed by atoms with Crippen LogP contribution in [-0.2, 0) is 10.2 Å². The molecular formula is C10H25N3O2S. The summed E-state index contributed by atoms with van der Waals surface area (Å²) in [6.07, 6.45) is 1.62. The van der Waals surface area contributed by atoms with Crippen LogP contribution >= 0.6 is 0 Å². The number of nitrogens with one attached hydrogen (secondary N) is 2. The van der Waals surface area contributed by atoms with Crippen molar-refractivity contribution in [2.45, 2.75) is 39.7 Å². The van der Waals surface area contributed by atoms with Gasteiger partial charge in [0.1, 0.15) is 0 Å². The maximum Gasteiger partial charge on any atom is 0.279 e. The van der Waals surface area contributed by atoms with Crippen molar-refractivity contribution in [2.75, 3.05) is 26.7 Å². The Morgan fingerprint density at radius 2 is 1.94 bits per heavy atom. The number of hydrogen-bond donors (Lipinski definition) is 2. The molecule has 1 unspecified atom stereocenters. The predicted octanol–water partition coefficient (Wildman–Crippen LogP) is 0.551. The highest BCUT2D eigenvalue weighted by atomic mass is 32.2. The van der Waals surface area contributed by atoms with E-state index in [9.17, 15) is 8.42 Å². The molecule has 0 spiro atoms. The average Bonchev–Trinajstić information content (AvgIpc) is 2.23. The molecule has 6 heteroatoms. The molecule has 0 bridgehead atoms. The van der Waals surface area contributed by atoms with E-state index in [1.54, 1.807) is 7.05 Å². The van der Waals surface area contributed by atoms with Crippen LogP contribution in [0.4, 0.5) is 0 Å². The molecule has 5 nitrogen and oxygen atoms in total. The van der Waals surface area contributed by atoms with Crippen LogP contribution in [0.3, 0.4) is 0 Å². The summed E-state index contributed by atoms with van der Waals surface area (Å²) in [4.78, 5) is 0. The first-order valence-electron chi connectivity index (χ1n) is 5.88. The van der Waals surface area contributed by atoms with E-state index in [1.807, 2.05) is 20.8 Å². The normalized spacial score (nSPS) is 14.3. The van der Waals surface area contributed by atoms with Crippen LogP contribution in [0, 0.1) is 0 Å². The molecule has 1 atom stereocenters. The van der Waals surface area contributed by atoms with E-state index in [0.717, 1.165) is 25.9 Å². The van der Waals surface area contributed by atoms with Crippen molar-refractivity contribution in [1.82, 2.24) is 14.3 Å². The van der Waals surface area contributed by atoms with Crippen molar-refractivity contribution in [3.63, 3.8) is 0 Å². The van der Waals surface area contributed by atoms with E-state index in [0.29, 0.717) is 6.54 Å². The zero-order valence-electron chi connectivity index (χ0n) is 10.8. The fourth-order valence-corrected chi connectivity index (χ4v) is 2.38. The fourth-order valence-electron chi connectivity index (χ4n) is 1.15. The molecule has 0 aromatic carbocycles. The summed E-state index contributed by atoms with van der Waals surface area (Å²) in [5, 5.41) is 3.17. The second-order valence-electron chi connectivity index (χ2n) is 3.96. The SMILES string of the molecule is CCNCCCN(C)S(=O)(=O)NC(C)CC. The molecule has 0 aromatic rings. The van der Waals surface area contributed by atoms with Gasteiger partial charge in [0.15, 0.2) is 0 Å². The first kappa shape index (κ1) is 15.8. The molecule has 0 fully saturated rings. The average molecular weight is 251 g/mol. The summed E-state index contributed by atoms with van der Waals surface area (Å²) in [7, 11) is -1.70. The van der Waals surface area contributed by atoms with Gasteiger partial charge in [-0.1, -0.05) is 13.8 Å². The molecule has 0 aliphatic carbocycles. The van der Waals surface area contributed by atoms with E-state index >= 15 is 0 Å². The van der Waals surface area contributed by atoms with Crippen molar-refractivity contribution >= 4 is 10.2 Å². The number of hydrogen-bond acceptors (Lipinski definition) is 3. The standard InChI is InChI=1S/C10H25N3O2S/c1-5-10(3)12-16(14,15)13(4)9-7-8-11-6-2/h10-12H,5-9H2,1-4H3. The molecule has 0 saturated heterocycles. The van der Waals surface area contributed by atoms with Crippen molar-refractivity contribution in [1.29, 1.82) is 0 Å². The Morgan fingerprint density at radius 3 is 2.44 bits per heavy atom. The molecule has 0 radical (unpaired) electrons. The predicted molar refractivity (Wildman–Crippen MR) is 67.6 cm³/mol. The zero-order chi connectivity index (χ0) is 12.6. The Balaban J connectivity index is 4.00. The quantitative estimate of drug-likeness (QED) is 0.588. The first-order valence-corrected chi connectivity index (χ1v) is 7.32. The molecule has 0 saturated carbocycles. The van der Waals surface area contributed by atoms with Crippen molar-refractivity contribution < 1.29 is 8.42 Å². The summed E-state index contributed by atoms with van der Waals surface area (Å²) in [6, 6.07) is -0.0128. The molecule has 16 heavy (non-hydrogen) atoms. The third kappa shape index (κ3) is 6.42. The maximum absolute atomic E-state index is 11.8. The minimum absolute atomic E-state index is 0.0128. The summed E-state index contributed by atoms with van der Waals surface area (Å²) < 4.78 is 27.5. The van der Waals surface area contributed by atoms with Crippen LogP contribution in [-0.4, -0.2) is 45.4 Å². The largest absolute Gasteiger partial charge is 0.317 e. The molecule has 0 aliphatic rings. The first-order chi connectivity index (χ1) is 7.44. The second-order valence-corrected chi connectivity index (χ2v) is 5.77. The molecule has 2 N–H and O–H groups in total. The highest BCUT2D eigenvalue weighted by molar-refractivity contribution is 7.87. The fraction of sp³-hybridized carbons (Fsp3) is 1.00. The molecule has 0 heterocycles. The van der Waals surface area contributed by atoms with Crippen LogP contribution in [0.2, 0.25) is 0 Å². The van der Waals surface area contributed by atoms with Gasteiger partial charge in [-0.15, -0.1) is 0 Å². The van der Waals surface area contributed by atoms with Gasteiger partial charge >= 0.3 is 0 Å². The Kier molecular flexibility index (Phi) is 7.91. The summed E-state index contributed by atoms with van der Waals surface area (Å²) in [5.41, 5.74) is 0. The molecule has 0 rings (SSSR count). The third-order valence-corrected chi connectivity index (χ3v) is 4.15. The van der Waals surface area contributed by atoms with Gasteiger partial charge in [-0.05, 0) is 32.9 Å². The van der Waals surface area contributed by atoms with Gasteiger partial charge in [-0.25, -0.2) is 0 Å². The maximum atomic E-state index is 11.8. The van der Waals surface area contributed by atoms with Crippen molar-refractivity contribution in [3.8, 4) is 0 Å². The number of nitrogens with zero attached hydrogens (tertiary/aromatic N) is 1. The molecule has 0 aliphatic heterocycles. The summed E-state index contributed by atoms with van der Waals surface area (Å²) in [6.45, 7) is 8.16. The number of rotatable bonds is 9. The molecule has 0 amide bonds. The Bertz CT molecular complexity index is 267. The van der Waals surface area contributed by atoms with Gasteiger partial charge in [0.05, 0.1) is 0 Å². The zero-order valence-corrected chi connectivity index (χ0v) is 11.6. The van der Waals surface area contributed by atoms with Crippen molar-refractivity contribution in [2.24, 2.45) is 0 Å². The minimum Gasteiger partial charge on any atom is -0.317 e. The summed E-state index contributed by atoms with van der Waals surface area (Å²) in [5.74, 6) is 0. The van der Waals surface area contributed by atoms with Gasteiger partial charge < -0.3 is 5.32 Å². The van der Waals surface area contributed by atoms with E-state index in [4.69, 9.17) is 0 Å². The molecule has 0 aromatic heterocycles. The lowest BCUT2D eigenvalue weighted by Gasteiger charge is -2.20. The molecular weight excluding hydrogens is 226 g/mol. The van der Waals surface area contributed by atoms with Gasteiger partial charge in [0, 0.05) is 19.6 Å². The van der Waals surface area contributed by atoms with E-state index in [-0.39, 0.29) is 6.04 Å². The van der Waals surface area contributed by atoms with Gasteiger partial charge in [-0.2, -0.15) is 17.4 Å². The van der Waals surface area contributed by atoms with Crippen molar-refractivity contribution in [3.05, 3.63) is 0 Å². The van der Waals surface area contributed by atoms with E-state index in [2.05, 4.69) is 10.0 Å². The van der Waals surface area contributed by atoms with Gasteiger partial charge in [0.2, 0.25) is 0 Å². The lowest BCUT2D eigenvalue weighted by Crippen LogP contribution is -2.43. The topological polar surface area (TPSA) is 61.4 Å². The Hall–Kier alpha value is -0.170. The van der Waals surface area contributed by atoms with Gasteiger partial charge in [0.25, 0.3) is 10.2 Å². The van der Waals surface area contributed by atoms with E-state index < -0.39 is 10.2 Å². The van der Waals surface area contributed by atoms with Crippen LogP contribution in [0.25, 0.3) is 0 Å². The minimum atomic E-state index is -3.30. The lowest BCUT2D eigenvalue weighted by molar-refractivity contribution is 0.437.